The van der Waals surface area contributed by atoms with Crippen molar-refractivity contribution in [3.8, 4) is 5.88 Å². The Bertz CT molecular complexity index is 333. The van der Waals surface area contributed by atoms with Gasteiger partial charge in [-0.25, -0.2) is 18.2 Å². The molecular formula is C8H7ClF3NO. The van der Waals surface area contributed by atoms with E-state index in [0.29, 0.717) is 0 Å². The van der Waals surface area contributed by atoms with E-state index in [2.05, 4.69) is 9.72 Å². The maximum Gasteiger partial charge on any atom is 0.268 e. The van der Waals surface area contributed by atoms with Crippen LogP contribution in [0.4, 0.5) is 13.2 Å². The standard InChI is InChI=1S/C8H7ClF3NO/c1-14-6-2-4(10)7(8(11)12)5(3-9)13-6/h2,8H,3H2,1H3. The predicted molar refractivity (Wildman–Crippen MR) is 45.3 cm³/mol. The molecule has 1 aromatic rings. The smallest absolute Gasteiger partial charge is 0.268 e. The second-order valence-corrected chi connectivity index (χ2v) is 2.71. The second kappa shape index (κ2) is 4.50. The summed E-state index contributed by atoms with van der Waals surface area (Å²) in [6, 6.07) is 0.803. The molecular weight excluding hydrogens is 219 g/mol. The molecule has 2 nitrogen and oxygen atoms in total. The number of hydrogen-bond donors (Lipinski definition) is 0. The monoisotopic (exact) mass is 225 g/mol. The number of nitrogens with zero attached hydrogens (tertiary/aromatic N) is 1. The SMILES string of the molecule is COc1cc(F)c(C(F)F)c(CCl)n1. The molecule has 0 aliphatic carbocycles. The van der Waals surface area contributed by atoms with E-state index in [1.54, 1.807) is 0 Å². The molecule has 0 saturated heterocycles. The van der Waals surface area contributed by atoms with Crippen molar-refractivity contribution < 1.29 is 17.9 Å². The van der Waals surface area contributed by atoms with Crippen LogP contribution in [0, 0.1) is 5.82 Å². The van der Waals surface area contributed by atoms with Crippen LogP contribution < -0.4 is 4.74 Å². The first-order valence-electron chi connectivity index (χ1n) is 3.67. The minimum atomic E-state index is -2.93. The van der Waals surface area contributed by atoms with Gasteiger partial charge in [0, 0.05) is 6.07 Å². The Balaban J connectivity index is 3.27. The molecule has 78 valence electrons. The van der Waals surface area contributed by atoms with Crippen molar-refractivity contribution in [2.45, 2.75) is 12.3 Å². The van der Waals surface area contributed by atoms with Gasteiger partial charge in [-0.05, 0) is 0 Å². The third-order valence-corrected chi connectivity index (χ3v) is 1.87. The van der Waals surface area contributed by atoms with Gasteiger partial charge in [0.15, 0.2) is 0 Å². The van der Waals surface area contributed by atoms with Crippen LogP contribution in [-0.4, -0.2) is 12.1 Å². The number of hydrogen-bond acceptors (Lipinski definition) is 2. The number of rotatable bonds is 3. The molecule has 0 atom stereocenters. The quantitative estimate of drug-likeness (QED) is 0.738. The largest absolute Gasteiger partial charge is 0.481 e. The molecule has 14 heavy (non-hydrogen) atoms. The Morgan fingerprint density at radius 3 is 2.64 bits per heavy atom. The minimum Gasteiger partial charge on any atom is -0.481 e. The summed E-state index contributed by atoms with van der Waals surface area (Å²) in [6.45, 7) is 0. The lowest BCUT2D eigenvalue weighted by Crippen LogP contribution is -2.02. The predicted octanol–water partition coefficient (Wildman–Crippen LogP) is 2.91. The fraction of sp³-hybridized carbons (Fsp3) is 0.375. The van der Waals surface area contributed by atoms with Gasteiger partial charge in [0.25, 0.3) is 6.43 Å². The summed E-state index contributed by atoms with van der Waals surface area (Å²) in [5.74, 6) is -1.40. The van der Waals surface area contributed by atoms with Gasteiger partial charge in [-0.15, -0.1) is 11.6 Å². The van der Waals surface area contributed by atoms with E-state index in [9.17, 15) is 13.2 Å². The summed E-state index contributed by atoms with van der Waals surface area (Å²) in [5, 5.41) is 0. The Labute approximate surface area is 83.7 Å². The number of aromatic nitrogens is 1. The third kappa shape index (κ3) is 2.09. The van der Waals surface area contributed by atoms with Crippen molar-refractivity contribution in [1.82, 2.24) is 4.98 Å². The topological polar surface area (TPSA) is 22.1 Å². The molecule has 0 aliphatic rings. The van der Waals surface area contributed by atoms with Gasteiger partial charge in [0.05, 0.1) is 24.2 Å². The molecule has 1 rings (SSSR count). The number of alkyl halides is 3. The van der Waals surface area contributed by atoms with E-state index in [0.717, 1.165) is 6.07 Å². The highest BCUT2D eigenvalue weighted by Gasteiger charge is 2.20. The molecule has 6 heteroatoms. The molecule has 0 fully saturated rings. The molecule has 0 aliphatic heterocycles. The molecule has 0 unspecified atom stereocenters. The molecule has 0 saturated carbocycles. The fourth-order valence-corrected chi connectivity index (χ4v) is 1.19. The Morgan fingerprint density at radius 2 is 2.21 bits per heavy atom. The van der Waals surface area contributed by atoms with Crippen LogP contribution >= 0.6 is 11.6 Å². The van der Waals surface area contributed by atoms with E-state index in [-0.39, 0.29) is 17.5 Å². The summed E-state index contributed by atoms with van der Waals surface area (Å²) >= 11 is 5.36. The molecule has 0 amide bonds. The van der Waals surface area contributed by atoms with E-state index in [1.165, 1.54) is 7.11 Å². The zero-order valence-corrected chi connectivity index (χ0v) is 7.99. The van der Waals surface area contributed by atoms with Crippen LogP contribution in [0.3, 0.4) is 0 Å². The summed E-state index contributed by atoms with van der Waals surface area (Å²) in [4.78, 5) is 3.62. The van der Waals surface area contributed by atoms with Crippen LogP contribution in [0.5, 0.6) is 5.88 Å². The van der Waals surface area contributed by atoms with Crippen molar-refractivity contribution in [1.29, 1.82) is 0 Å². The lowest BCUT2D eigenvalue weighted by Gasteiger charge is -2.08. The normalized spacial score (nSPS) is 10.7. The highest BCUT2D eigenvalue weighted by Crippen LogP contribution is 2.28. The number of ether oxygens (including phenoxy) is 1. The molecule has 1 aromatic heterocycles. The lowest BCUT2D eigenvalue weighted by molar-refractivity contribution is 0.144. The van der Waals surface area contributed by atoms with Gasteiger partial charge in [0.2, 0.25) is 5.88 Å². The van der Waals surface area contributed by atoms with Gasteiger partial charge in [0.1, 0.15) is 5.82 Å². The highest BCUT2D eigenvalue weighted by molar-refractivity contribution is 6.17. The van der Waals surface area contributed by atoms with E-state index < -0.39 is 17.8 Å². The Hall–Kier alpha value is -0.970. The maximum absolute atomic E-state index is 13.1. The zero-order chi connectivity index (χ0) is 10.7. The van der Waals surface area contributed by atoms with E-state index >= 15 is 0 Å². The molecule has 1 heterocycles. The molecule has 0 aromatic carbocycles. The summed E-state index contributed by atoms with van der Waals surface area (Å²) in [6.07, 6.45) is -2.93. The van der Waals surface area contributed by atoms with Gasteiger partial charge >= 0.3 is 0 Å². The van der Waals surface area contributed by atoms with Crippen LogP contribution in [0.1, 0.15) is 17.7 Å². The van der Waals surface area contributed by atoms with Crippen molar-refractivity contribution >= 4 is 11.6 Å². The maximum atomic E-state index is 13.1. The summed E-state index contributed by atoms with van der Waals surface area (Å²) < 4.78 is 42.4. The first-order valence-corrected chi connectivity index (χ1v) is 4.21. The van der Waals surface area contributed by atoms with Crippen molar-refractivity contribution in [2.24, 2.45) is 0 Å². The Morgan fingerprint density at radius 1 is 1.57 bits per heavy atom. The van der Waals surface area contributed by atoms with Crippen LogP contribution in [0.15, 0.2) is 6.07 Å². The van der Waals surface area contributed by atoms with E-state index in [4.69, 9.17) is 11.6 Å². The fourth-order valence-electron chi connectivity index (χ4n) is 0.986. The first kappa shape index (κ1) is 11.1. The molecule has 0 spiro atoms. The van der Waals surface area contributed by atoms with Gasteiger partial charge in [-0.2, -0.15) is 0 Å². The molecule has 0 bridgehead atoms. The van der Waals surface area contributed by atoms with Crippen molar-refractivity contribution in [3.05, 3.63) is 23.1 Å². The van der Waals surface area contributed by atoms with Crippen LogP contribution in [0.25, 0.3) is 0 Å². The summed E-state index contributed by atoms with van der Waals surface area (Å²) in [7, 11) is 1.27. The number of pyridine rings is 1. The second-order valence-electron chi connectivity index (χ2n) is 2.44. The van der Waals surface area contributed by atoms with Gasteiger partial charge in [-0.3, -0.25) is 0 Å². The highest BCUT2D eigenvalue weighted by atomic mass is 35.5. The van der Waals surface area contributed by atoms with Gasteiger partial charge in [-0.1, -0.05) is 0 Å². The van der Waals surface area contributed by atoms with Crippen molar-refractivity contribution in [3.63, 3.8) is 0 Å². The minimum absolute atomic E-state index is 0.0671. The summed E-state index contributed by atoms with van der Waals surface area (Å²) in [5.41, 5.74) is -0.959. The number of methoxy groups -OCH3 is 1. The van der Waals surface area contributed by atoms with Crippen molar-refractivity contribution in [2.75, 3.05) is 7.11 Å². The van der Waals surface area contributed by atoms with Crippen LogP contribution in [-0.2, 0) is 5.88 Å². The van der Waals surface area contributed by atoms with E-state index in [1.807, 2.05) is 0 Å². The first-order chi connectivity index (χ1) is 6.60. The number of halogens is 4. The molecule has 0 radical (unpaired) electrons. The lowest BCUT2D eigenvalue weighted by atomic mass is 10.2. The van der Waals surface area contributed by atoms with Crippen LogP contribution in [0.2, 0.25) is 0 Å². The molecule has 0 N–H and O–H groups in total. The average Bonchev–Trinajstić information content (AvgIpc) is 2.15. The Kier molecular flexibility index (Phi) is 3.57. The van der Waals surface area contributed by atoms with Gasteiger partial charge < -0.3 is 4.74 Å². The third-order valence-electron chi connectivity index (χ3n) is 1.62. The zero-order valence-electron chi connectivity index (χ0n) is 7.23. The average molecular weight is 226 g/mol.